The highest BCUT2D eigenvalue weighted by Crippen LogP contribution is 2.32. The fourth-order valence-electron chi connectivity index (χ4n) is 1.97. The van der Waals surface area contributed by atoms with Crippen molar-refractivity contribution in [1.82, 2.24) is 0 Å². The Balaban J connectivity index is 2.13. The number of anilines is 1. The molecule has 2 aromatic rings. The zero-order valence-electron chi connectivity index (χ0n) is 10.8. The van der Waals surface area contributed by atoms with Crippen molar-refractivity contribution in [2.45, 2.75) is 19.4 Å². The first-order valence-electron chi connectivity index (χ1n) is 6.12. The summed E-state index contributed by atoms with van der Waals surface area (Å²) in [5.74, 6) is -0.639. The molecule has 0 saturated heterocycles. The highest BCUT2D eigenvalue weighted by atomic mass is 79.9. The number of hydrogen-bond acceptors (Lipinski definition) is 1. The van der Waals surface area contributed by atoms with Crippen molar-refractivity contribution in [2.24, 2.45) is 0 Å². The Hall–Kier alpha value is -1.13. The van der Waals surface area contributed by atoms with Gasteiger partial charge in [-0.2, -0.15) is 0 Å². The second kappa shape index (κ2) is 6.55. The lowest BCUT2D eigenvalue weighted by atomic mass is 10.1. The molecule has 1 N–H and O–H groups in total. The third-order valence-corrected chi connectivity index (χ3v) is 3.81. The molecule has 0 aromatic heterocycles. The molecule has 0 amide bonds. The predicted octanol–water partition coefficient (Wildman–Crippen LogP) is 5.42. The molecular formula is C15H13BrClF2N. The van der Waals surface area contributed by atoms with E-state index in [0.717, 1.165) is 0 Å². The SMILES string of the molecule is CC(Cc1ccccc1F)Nc1c(Cl)cc(F)cc1Br. The predicted molar refractivity (Wildman–Crippen MR) is 82.3 cm³/mol. The fourth-order valence-corrected chi connectivity index (χ4v) is 2.89. The van der Waals surface area contributed by atoms with Crippen LogP contribution in [0.4, 0.5) is 14.5 Å². The van der Waals surface area contributed by atoms with E-state index >= 15 is 0 Å². The van der Waals surface area contributed by atoms with E-state index in [9.17, 15) is 8.78 Å². The van der Waals surface area contributed by atoms with Gasteiger partial charge in [0.25, 0.3) is 0 Å². The van der Waals surface area contributed by atoms with E-state index in [-0.39, 0.29) is 16.9 Å². The van der Waals surface area contributed by atoms with Gasteiger partial charge in [0, 0.05) is 10.5 Å². The minimum atomic E-state index is -0.408. The second-order valence-corrected chi connectivity index (χ2v) is 5.85. The molecule has 0 spiro atoms. The van der Waals surface area contributed by atoms with E-state index in [1.165, 1.54) is 18.2 Å². The van der Waals surface area contributed by atoms with E-state index in [1.54, 1.807) is 18.2 Å². The van der Waals surface area contributed by atoms with E-state index in [4.69, 9.17) is 11.6 Å². The molecule has 0 heterocycles. The molecule has 5 heteroatoms. The maximum Gasteiger partial charge on any atom is 0.126 e. The van der Waals surface area contributed by atoms with E-state index in [2.05, 4.69) is 21.2 Å². The van der Waals surface area contributed by atoms with Gasteiger partial charge in [-0.15, -0.1) is 0 Å². The molecule has 0 aliphatic carbocycles. The van der Waals surface area contributed by atoms with Crippen LogP contribution in [0.15, 0.2) is 40.9 Å². The normalized spacial score (nSPS) is 12.2. The Kier molecular flexibility index (Phi) is 5.00. The third-order valence-electron chi connectivity index (χ3n) is 2.88. The molecular weight excluding hydrogens is 348 g/mol. The third kappa shape index (κ3) is 3.70. The molecule has 0 aliphatic heterocycles. The zero-order valence-corrected chi connectivity index (χ0v) is 13.1. The van der Waals surface area contributed by atoms with Crippen molar-refractivity contribution in [3.63, 3.8) is 0 Å². The smallest absolute Gasteiger partial charge is 0.126 e. The van der Waals surface area contributed by atoms with E-state index < -0.39 is 5.82 Å². The summed E-state index contributed by atoms with van der Waals surface area (Å²) in [7, 11) is 0. The molecule has 0 bridgehead atoms. The van der Waals surface area contributed by atoms with Gasteiger partial charge in [0.15, 0.2) is 0 Å². The fraction of sp³-hybridized carbons (Fsp3) is 0.200. The van der Waals surface area contributed by atoms with E-state index in [1.807, 2.05) is 6.92 Å². The van der Waals surface area contributed by atoms with Crippen LogP contribution in [0.3, 0.4) is 0 Å². The van der Waals surface area contributed by atoms with Crippen LogP contribution in [0.2, 0.25) is 5.02 Å². The Labute approximate surface area is 130 Å². The molecule has 2 aromatic carbocycles. The minimum absolute atomic E-state index is 0.0499. The van der Waals surface area contributed by atoms with Crippen LogP contribution in [0.1, 0.15) is 12.5 Å². The standard InChI is InChI=1S/C15H13BrClF2N/c1-9(6-10-4-2-3-5-14(10)19)20-15-12(16)7-11(18)8-13(15)17/h2-5,7-9,20H,6H2,1H3. The van der Waals surface area contributed by atoms with Crippen LogP contribution in [0, 0.1) is 11.6 Å². The highest BCUT2D eigenvalue weighted by molar-refractivity contribution is 9.10. The Morgan fingerprint density at radius 2 is 1.95 bits per heavy atom. The number of halogens is 4. The summed E-state index contributed by atoms with van der Waals surface area (Å²) in [5.41, 5.74) is 1.23. The lowest BCUT2D eigenvalue weighted by Crippen LogP contribution is -2.19. The molecule has 0 aliphatic rings. The van der Waals surface area contributed by atoms with Crippen molar-refractivity contribution in [3.8, 4) is 0 Å². The van der Waals surface area contributed by atoms with E-state index in [0.29, 0.717) is 22.1 Å². The maximum absolute atomic E-state index is 13.6. The van der Waals surface area contributed by atoms with Gasteiger partial charge < -0.3 is 5.32 Å². The van der Waals surface area contributed by atoms with Crippen molar-refractivity contribution in [2.75, 3.05) is 5.32 Å². The second-order valence-electron chi connectivity index (χ2n) is 4.59. The molecule has 2 rings (SSSR count). The monoisotopic (exact) mass is 359 g/mol. The van der Waals surface area contributed by atoms with Crippen molar-refractivity contribution in [1.29, 1.82) is 0 Å². The van der Waals surface area contributed by atoms with Crippen LogP contribution in [0.25, 0.3) is 0 Å². The van der Waals surface area contributed by atoms with Crippen LogP contribution in [-0.4, -0.2) is 6.04 Å². The van der Waals surface area contributed by atoms with Gasteiger partial charge >= 0.3 is 0 Å². The lowest BCUT2D eigenvalue weighted by molar-refractivity contribution is 0.601. The number of rotatable bonds is 4. The summed E-state index contributed by atoms with van der Waals surface area (Å²) >= 11 is 9.27. The van der Waals surface area contributed by atoms with Crippen molar-refractivity contribution in [3.05, 3.63) is 63.1 Å². The Morgan fingerprint density at radius 1 is 1.25 bits per heavy atom. The minimum Gasteiger partial charge on any atom is -0.380 e. The van der Waals surface area contributed by atoms with Crippen LogP contribution >= 0.6 is 27.5 Å². The molecule has 20 heavy (non-hydrogen) atoms. The Morgan fingerprint density at radius 3 is 2.60 bits per heavy atom. The molecule has 106 valence electrons. The topological polar surface area (TPSA) is 12.0 Å². The molecule has 0 fully saturated rings. The highest BCUT2D eigenvalue weighted by Gasteiger charge is 2.12. The summed E-state index contributed by atoms with van der Waals surface area (Å²) in [6, 6.07) is 9.16. The zero-order chi connectivity index (χ0) is 14.7. The van der Waals surface area contributed by atoms with Crippen LogP contribution in [0.5, 0.6) is 0 Å². The average Bonchev–Trinajstić information content (AvgIpc) is 2.36. The lowest BCUT2D eigenvalue weighted by Gasteiger charge is -2.18. The summed E-state index contributed by atoms with van der Waals surface area (Å²) in [6.07, 6.45) is 0.507. The summed E-state index contributed by atoms with van der Waals surface area (Å²) in [5, 5.41) is 3.46. The summed E-state index contributed by atoms with van der Waals surface area (Å²) in [6.45, 7) is 1.92. The first-order valence-corrected chi connectivity index (χ1v) is 7.29. The van der Waals surface area contributed by atoms with Crippen molar-refractivity contribution >= 4 is 33.2 Å². The van der Waals surface area contributed by atoms with Gasteiger partial charge in [0.2, 0.25) is 0 Å². The van der Waals surface area contributed by atoms with Gasteiger partial charge in [-0.05, 0) is 53.0 Å². The number of hydrogen-bond donors (Lipinski definition) is 1. The number of nitrogens with one attached hydrogen (secondary N) is 1. The quantitative estimate of drug-likeness (QED) is 0.767. The molecule has 0 saturated carbocycles. The van der Waals surface area contributed by atoms with Crippen molar-refractivity contribution < 1.29 is 8.78 Å². The van der Waals surface area contributed by atoms with Gasteiger partial charge in [-0.25, -0.2) is 8.78 Å². The number of benzene rings is 2. The molecule has 1 atom stereocenters. The summed E-state index contributed by atoms with van der Waals surface area (Å²) in [4.78, 5) is 0. The van der Waals surface area contributed by atoms with Gasteiger partial charge in [0.1, 0.15) is 11.6 Å². The van der Waals surface area contributed by atoms with Crippen LogP contribution in [-0.2, 0) is 6.42 Å². The molecule has 1 unspecified atom stereocenters. The molecule has 1 nitrogen and oxygen atoms in total. The molecule has 0 radical (unpaired) electrons. The first kappa shape index (κ1) is 15.3. The van der Waals surface area contributed by atoms with Gasteiger partial charge in [-0.3, -0.25) is 0 Å². The average molecular weight is 361 g/mol. The maximum atomic E-state index is 13.6. The van der Waals surface area contributed by atoms with Gasteiger partial charge in [-0.1, -0.05) is 29.8 Å². The summed E-state index contributed by atoms with van der Waals surface area (Å²) < 4.78 is 27.3. The first-order chi connectivity index (χ1) is 9.47. The Bertz CT molecular complexity index is 596. The van der Waals surface area contributed by atoms with Gasteiger partial charge in [0.05, 0.1) is 10.7 Å². The van der Waals surface area contributed by atoms with Crippen LogP contribution < -0.4 is 5.32 Å². The largest absolute Gasteiger partial charge is 0.380 e.